The molecule has 3 aromatic rings. The fraction of sp³-hybridized carbons (Fsp3) is 0. The lowest BCUT2D eigenvalue weighted by Gasteiger charge is -1.81. The standard InChI is InChI=1S/C8H6O.C3H3NO/c1-2-4-8-7(3-1)5-6-9-8;1-2-5-3-4-1/h1-6H;1-3H. The number of furan rings is 1. The molecular weight excluding hydrogens is 178 g/mol. The minimum Gasteiger partial charge on any atom is -0.464 e. The molecular formula is C11H9NO2. The Morgan fingerprint density at radius 2 is 1.93 bits per heavy atom. The van der Waals surface area contributed by atoms with Gasteiger partial charge in [0.05, 0.1) is 12.5 Å². The second-order valence-corrected chi connectivity index (χ2v) is 2.63. The summed E-state index contributed by atoms with van der Waals surface area (Å²) in [4.78, 5) is 3.56. The van der Waals surface area contributed by atoms with Crippen molar-refractivity contribution in [3.05, 3.63) is 55.4 Å². The third-order valence-corrected chi connectivity index (χ3v) is 1.71. The van der Waals surface area contributed by atoms with Crippen molar-refractivity contribution in [2.45, 2.75) is 0 Å². The molecule has 3 nitrogen and oxygen atoms in total. The van der Waals surface area contributed by atoms with E-state index in [0.717, 1.165) is 11.0 Å². The van der Waals surface area contributed by atoms with Crippen LogP contribution in [0, 0.1) is 0 Å². The van der Waals surface area contributed by atoms with Crippen molar-refractivity contribution in [3.63, 3.8) is 0 Å². The molecule has 3 heteroatoms. The molecule has 3 rings (SSSR count). The molecule has 0 aliphatic carbocycles. The maximum Gasteiger partial charge on any atom is 0.180 e. The summed E-state index contributed by atoms with van der Waals surface area (Å²) in [7, 11) is 0. The first kappa shape index (κ1) is 8.56. The summed E-state index contributed by atoms with van der Waals surface area (Å²) in [6.07, 6.45) is 6.17. The van der Waals surface area contributed by atoms with Crippen LogP contribution in [0.3, 0.4) is 0 Å². The zero-order valence-electron chi connectivity index (χ0n) is 7.46. The number of hydrogen-bond acceptors (Lipinski definition) is 3. The lowest BCUT2D eigenvalue weighted by Crippen LogP contribution is -1.57. The highest BCUT2D eigenvalue weighted by Crippen LogP contribution is 2.12. The SMILES string of the molecule is c1ccc2occc2c1.c1cocn1. The van der Waals surface area contributed by atoms with Crippen LogP contribution < -0.4 is 0 Å². The van der Waals surface area contributed by atoms with Crippen molar-refractivity contribution in [1.29, 1.82) is 0 Å². The molecule has 0 spiro atoms. The molecule has 0 N–H and O–H groups in total. The maximum atomic E-state index is 5.12. The van der Waals surface area contributed by atoms with Gasteiger partial charge in [-0.15, -0.1) is 0 Å². The monoisotopic (exact) mass is 187 g/mol. The molecule has 2 aromatic heterocycles. The van der Waals surface area contributed by atoms with Crippen LogP contribution in [0.1, 0.15) is 0 Å². The lowest BCUT2D eigenvalue weighted by atomic mass is 10.3. The smallest absolute Gasteiger partial charge is 0.180 e. The fourth-order valence-electron chi connectivity index (χ4n) is 1.08. The van der Waals surface area contributed by atoms with E-state index >= 15 is 0 Å². The predicted molar refractivity (Wildman–Crippen MR) is 52.7 cm³/mol. The van der Waals surface area contributed by atoms with E-state index in [9.17, 15) is 0 Å². The van der Waals surface area contributed by atoms with Crippen molar-refractivity contribution in [1.82, 2.24) is 4.98 Å². The van der Waals surface area contributed by atoms with Crippen LogP contribution in [-0.4, -0.2) is 4.98 Å². The highest BCUT2D eigenvalue weighted by atomic mass is 16.3. The Kier molecular flexibility index (Phi) is 2.62. The van der Waals surface area contributed by atoms with Crippen molar-refractivity contribution >= 4 is 11.0 Å². The average molecular weight is 187 g/mol. The first-order chi connectivity index (χ1) is 6.97. The minimum atomic E-state index is 0.956. The van der Waals surface area contributed by atoms with Crippen molar-refractivity contribution in [2.24, 2.45) is 0 Å². The molecule has 0 atom stereocenters. The van der Waals surface area contributed by atoms with E-state index in [4.69, 9.17) is 4.42 Å². The number of oxazole rings is 1. The Bertz CT molecular complexity index is 423. The highest BCUT2D eigenvalue weighted by molar-refractivity contribution is 5.76. The Balaban J connectivity index is 0.000000128. The van der Waals surface area contributed by atoms with E-state index in [-0.39, 0.29) is 0 Å². The van der Waals surface area contributed by atoms with Gasteiger partial charge in [0.2, 0.25) is 0 Å². The van der Waals surface area contributed by atoms with Gasteiger partial charge in [-0.05, 0) is 12.1 Å². The molecule has 0 aliphatic rings. The summed E-state index contributed by atoms with van der Waals surface area (Å²) in [5.74, 6) is 0. The molecule has 0 aliphatic heterocycles. The normalized spacial score (nSPS) is 9.43. The van der Waals surface area contributed by atoms with Gasteiger partial charge in [0.1, 0.15) is 11.8 Å². The summed E-state index contributed by atoms with van der Waals surface area (Å²) in [5, 5.41) is 1.16. The van der Waals surface area contributed by atoms with Gasteiger partial charge in [-0.25, -0.2) is 4.98 Å². The van der Waals surface area contributed by atoms with Crippen molar-refractivity contribution in [2.75, 3.05) is 0 Å². The van der Waals surface area contributed by atoms with Gasteiger partial charge in [0.25, 0.3) is 0 Å². The number of benzene rings is 1. The molecule has 0 radical (unpaired) electrons. The second kappa shape index (κ2) is 4.28. The Labute approximate surface area is 81.0 Å². The van der Waals surface area contributed by atoms with Crippen molar-refractivity contribution in [3.8, 4) is 0 Å². The molecule has 2 heterocycles. The van der Waals surface area contributed by atoms with Gasteiger partial charge in [-0.1, -0.05) is 18.2 Å². The summed E-state index contributed by atoms with van der Waals surface area (Å²) in [5.41, 5.74) is 0.956. The minimum absolute atomic E-state index is 0.956. The summed E-state index contributed by atoms with van der Waals surface area (Å²) >= 11 is 0. The first-order valence-electron chi connectivity index (χ1n) is 4.21. The zero-order chi connectivity index (χ0) is 9.64. The fourth-order valence-corrected chi connectivity index (χ4v) is 1.08. The van der Waals surface area contributed by atoms with E-state index in [0.29, 0.717) is 0 Å². The van der Waals surface area contributed by atoms with Crippen LogP contribution in [0.4, 0.5) is 0 Å². The van der Waals surface area contributed by atoms with Gasteiger partial charge in [-0.3, -0.25) is 0 Å². The predicted octanol–water partition coefficient (Wildman–Crippen LogP) is 3.11. The van der Waals surface area contributed by atoms with Gasteiger partial charge in [0, 0.05) is 5.39 Å². The molecule has 0 fully saturated rings. The Morgan fingerprint density at radius 3 is 2.57 bits per heavy atom. The van der Waals surface area contributed by atoms with E-state index in [2.05, 4.69) is 9.40 Å². The zero-order valence-corrected chi connectivity index (χ0v) is 7.46. The average Bonchev–Trinajstić information content (AvgIpc) is 2.92. The van der Waals surface area contributed by atoms with Crippen LogP contribution in [0.25, 0.3) is 11.0 Å². The number of nitrogens with zero attached hydrogens (tertiary/aromatic N) is 1. The first-order valence-corrected chi connectivity index (χ1v) is 4.21. The van der Waals surface area contributed by atoms with Crippen LogP contribution >= 0.6 is 0 Å². The number of rotatable bonds is 0. The van der Waals surface area contributed by atoms with Gasteiger partial charge >= 0.3 is 0 Å². The number of fused-ring (bicyclic) bond motifs is 1. The quantitative estimate of drug-likeness (QED) is 0.542. The Morgan fingerprint density at radius 1 is 1.00 bits per heavy atom. The van der Waals surface area contributed by atoms with Crippen LogP contribution in [0.5, 0.6) is 0 Å². The highest BCUT2D eigenvalue weighted by Gasteiger charge is 1.89. The lowest BCUT2D eigenvalue weighted by molar-refractivity contribution is 0.558. The Hall–Kier alpha value is -2.03. The summed E-state index contributed by atoms with van der Waals surface area (Å²) < 4.78 is 9.59. The largest absolute Gasteiger partial charge is 0.464 e. The molecule has 0 saturated heterocycles. The van der Waals surface area contributed by atoms with Crippen LogP contribution in [0.15, 0.2) is 64.3 Å². The number of para-hydroxylation sites is 1. The number of hydrogen-bond donors (Lipinski definition) is 0. The molecule has 0 saturated carbocycles. The molecule has 70 valence electrons. The van der Waals surface area contributed by atoms with Crippen molar-refractivity contribution < 1.29 is 8.83 Å². The summed E-state index contributed by atoms with van der Waals surface area (Å²) in [6.45, 7) is 0. The van der Waals surface area contributed by atoms with E-state index in [1.165, 1.54) is 12.7 Å². The van der Waals surface area contributed by atoms with Gasteiger partial charge in [0.15, 0.2) is 6.39 Å². The van der Waals surface area contributed by atoms with Crippen LogP contribution in [-0.2, 0) is 0 Å². The van der Waals surface area contributed by atoms with E-state index < -0.39 is 0 Å². The molecule has 1 aromatic carbocycles. The maximum absolute atomic E-state index is 5.12. The van der Waals surface area contributed by atoms with E-state index in [1.54, 1.807) is 12.5 Å². The third kappa shape index (κ3) is 2.01. The molecule has 0 unspecified atom stereocenters. The van der Waals surface area contributed by atoms with E-state index in [1.807, 2.05) is 30.3 Å². The molecule has 14 heavy (non-hydrogen) atoms. The van der Waals surface area contributed by atoms with Crippen LogP contribution in [0.2, 0.25) is 0 Å². The molecule has 0 amide bonds. The molecule has 0 bridgehead atoms. The van der Waals surface area contributed by atoms with Gasteiger partial charge in [-0.2, -0.15) is 0 Å². The van der Waals surface area contributed by atoms with Gasteiger partial charge < -0.3 is 8.83 Å². The topological polar surface area (TPSA) is 39.2 Å². The number of aromatic nitrogens is 1. The second-order valence-electron chi connectivity index (χ2n) is 2.63. The third-order valence-electron chi connectivity index (χ3n) is 1.71. The summed E-state index contributed by atoms with van der Waals surface area (Å²) in [6, 6.07) is 9.90.